The van der Waals surface area contributed by atoms with Crippen molar-refractivity contribution in [2.45, 2.75) is 64.0 Å². The van der Waals surface area contributed by atoms with Crippen molar-refractivity contribution in [3.05, 3.63) is 48.0 Å². The van der Waals surface area contributed by atoms with E-state index in [-0.39, 0.29) is 47.7 Å². The van der Waals surface area contributed by atoms with E-state index in [2.05, 4.69) is 0 Å². The largest absolute Gasteiger partial charge is 0.468 e. The SMILES string of the molecule is CC(c1ccco1)N1C[C@@H]2CC3[C@@H]4C[C@H](F)C5=CC(=O)C=C[C@]5(C)C4[C@@H](O)C[C@]3(C)[C@]2(C(=O)CO)O1. The first-order valence-electron chi connectivity index (χ1n) is 13.0. The molecule has 0 aromatic carbocycles. The number of hydrogen-bond donors (Lipinski definition) is 2. The zero-order valence-corrected chi connectivity index (χ0v) is 20.9. The van der Waals surface area contributed by atoms with E-state index in [1.807, 2.05) is 26.8 Å². The lowest BCUT2D eigenvalue weighted by atomic mass is 9.46. The van der Waals surface area contributed by atoms with E-state index in [4.69, 9.17) is 9.25 Å². The third-order valence-electron chi connectivity index (χ3n) is 10.4. The average Bonchev–Trinajstić information content (AvgIpc) is 3.55. The highest BCUT2D eigenvalue weighted by Crippen LogP contribution is 2.71. The van der Waals surface area contributed by atoms with E-state index in [1.165, 1.54) is 12.2 Å². The molecule has 8 heteroatoms. The molecule has 4 aliphatic carbocycles. The van der Waals surface area contributed by atoms with Gasteiger partial charge in [-0.15, -0.1) is 0 Å². The van der Waals surface area contributed by atoms with Crippen LogP contribution in [0.2, 0.25) is 0 Å². The third-order valence-corrected chi connectivity index (χ3v) is 10.4. The highest BCUT2D eigenvalue weighted by Gasteiger charge is 2.75. The van der Waals surface area contributed by atoms with E-state index in [0.717, 1.165) is 0 Å². The van der Waals surface area contributed by atoms with Crippen LogP contribution < -0.4 is 0 Å². The van der Waals surface area contributed by atoms with Gasteiger partial charge in [0.05, 0.1) is 18.4 Å². The number of rotatable bonds is 4. The fraction of sp³-hybridized carbons (Fsp3) is 0.643. The van der Waals surface area contributed by atoms with E-state index in [9.17, 15) is 19.8 Å². The maximum atomic E-state index is 15.7. The normalized spacial score (nSPS) is 46.5. The Balaban J connectivity index is 1.40. The number of halogens is 1. The van der Waals surface area contributed by atoms with E-state index in [1.54, 1.807) is 23.5 Å². The number of aliphatic hydroxyl groups is 2. The molecule has 5 aliphatic rings. The van der Waals surface area contributed by atoms with Gasteiger partial charge in [0.2, 0.25) is 0 Å². The number of hydrogen-bond acceptors (Lipinski definition) is 7. The molecular formula is C28H34FNO6. The Hall–Kier alpha value is -2.13. The first kappa shape index (κ1) is 24.2. The van der Waals surface area contributed by atoms with Crippen molar-refractivity contribution < 1.29 is 33.4 Å². The minimum absolute atomic E-state index is 0.0740. The number of Topliss-reactive ketones (excluding diaryl/α,β-unsaturated/α-hetero) is 1. The highest BCUT2D eigenvalue weighted by molar-refractivity contribution is 6.01. The van der Waals surface area contributed by atoms with Crippen molar-refractivity contribution >= 4 is 11.6 Å². The van der Waals surface area contributed by atoms with Gasteiger partial charge in [-0.1, -0.05) is 19.9 Å². The van der Waals surface area contributed by atoms with E-state index >= 15 is 4.39 Å². The summed E-state index contributed by atoms with van der Waals surface area (Å²) in [5.41, 5.74) is -2.40. The predicted octanol–water partition coefficient (Wildman–Crippen LogP) is 3.34. The summed E-state index contributed by atoms with van der Waals surface area (Å²) >= 11 is 0. The van der Waals surface area contributed by atoms with Crippen LogP contribution >= 0.6 is 0 Å². The Kier molecular flexibility index (Phi) is 5.34. The number of fused-ring (bicyclic) bond motifs is 7. The lowest BCUT2D eigenvalue weighted by Crippen LogP contribution is -2.64. The summed E-state index contributed by atoms with van der Waals surface area (Å²) in [6.45, 7) is 5.66. The van der Waals surface area contributed by atoms with Crippen LogP contribution in [0.1, 0.15) is 51.8 Å². The van der Waals surface area contributed by atoms with Crippen molar-refractivity contribution in [2.75, 3.05) is 13.2 Å². The number of carbonyl (C=O) groups is 2. The summed E-state index contributed by atoms with van der Waals surface area (Å²) in [5.74, 6) is -0.637. The molecule has 36 heavy (non-hydrogen) atoms. The molecule has 3 unspecified atom stereocenters. The van der Waals surface area contributed by atoms with Gasteiger partial charge in [0.25, 0.3) is 0 Å². The van der Waals surface area contributed by atoms with Crippen molar-refractivity contribution in [1.29, 1.82) is 0 Å². The second-order valence-electron chi connectivity index (χ2n) is 11.9. The molecule has 2 heterocycles. The summed E-state index contributed by atoms with van der Waals surface area (Å²) in [5, 5.41) is 23.5. The topological polar surface area (TPSA) is 100 Å². The minimum atomic E-state index is -1.31. The van der Waals surface area contributed by atoms with Crippen LogP contribution in [0.3, 0.4) is 0 Å². The van der Waals surface area contributed by atoms with Crippen LogP contribution in [-0.2, 0) is 14.4 Å². The molecule has 1 aromatic heterocycles. The summed E-state index contributed by atoms with van der Waals surface area (Å²) in [6, 6.07) is 3.43. The zero-order chi connectivity index (χ0) is 25.6. The summed E-state index contributed by atoms with van der Waals surface area (Å²) in [7, 11) is 0. The average molecular weight is 500 g/mol. The van der Waals surface area contributed by atoms with Crippen LogP contribution in [0, 0.1) is 34.5 Å². The Morgan fingerprint density at radius 1 is 1.33 bits per heavy atom. The maximum Gasteiger partial charge on any atom is 0.192 e. The Bertz CT molecular complexity index is 1150. The number of carbonyl (C=O) groups excluding carboxylic acids is 2. The maximum absolute atomic E-state index is 15.7. The van der Waals surface area contributed by atoms with Crippen molar-refractivity contribution in [2.24, 2.45) is 34.5 Å². The molecule has 1 aromatic rings. The Labute approximate surface area is 209 Å². The molecule has 0 amide bonds. The third kappa shape index (κ3) is 2.93. The van der Waals surface area contributed by atoms with E-state index in [0.29, 0.717) is 30.7 Å². The minimum Gasteiger partial charge on any atom is -0.468 e. The van der Waals surface area contributed by atoms with Gasteiger partial charge in [0, 0.05) is 29.2 Å². The smallest absolute Gasteiger partial charge is 0.192 e. The number of hydroxylamine groups is 2. The fourth-order valence-electron chi connectivity index (χ4n) is 8.93. The van der Waals surface area contributed by atoms with Gasteiger partial charge in [0.1, 0.15) is 18.5 Å². The zero-order valence-electron chi connectivity index (χ0n) is 20.9. The predicted molar refractivity (Wildman–Crippen MR) is 127 cm³/mol. The number of furan rings is 1. The van der Waals surface area contributed by atoms with Crippen molar-refractivity contribution in [1.82, 2.24) is 5.06 Å². The quantitative estimate of drug-likeness (QED) is 0.655. The summed E-state index contributed by atoms with van der Waals surface area (Å²) < 4.78 is 21.2. The van der Waals surface area contributed by atoms with Gasteiger partial charge in [0.15, 0.2) is 17.2 Å². The molecule has 2 N–H and O–H groups in total. The van der Waals surface area contributed by atoms with Crippen LogP contribution in [0.15, 0.2) is 46.6 Å². The number of ketones is 2. The Morgan fingerprint density at radius 3 is 2.81 bits per heavy atom. The second kappa shape index (κ2) is 7.93. The van der Waals surface area contributed by atoms with Crippen LogP contribution in [-0.4, -0.2) is 57.9 Å². The van der Waals surface area contributed by atoms with Gasteiger partial charge < -0.3 is 14.6 Å². The van der Waals surface area contributed by atoms with Crippen molar-refractivity contribution in [3.8, 4) is 0 Å². The molecule has 194 valence electrons. The molecule has 10 atom stereocenters. The van der Waals surface area contributed by atoms with Gasteiger partial charge >= 0.3 is 0 Å². The first-order valence-corrected chi connectivity index (χ1v) is 13.0. The van der Waals surface area contributed by atoms with Gasteiger partial charge in [-0.2, -0.15) is 5.06 Å². The molecule has 0 spiro atoms. The number of allylic oxidation sites excluding steroid dienone is 4. The van der Waals surface area contributed by atoms with E-state index < -0.39 is 35.3 Å². The monoisotopic (exact) mass is 499 g/mol. The van der Waals surface area contributed by atoms with Crippen molar-refractivity contribution in [3.63, 3.8) is 0 Å². The number of aliphatic hydroxyl groups excluding tert-OH is 2. The highest BCUT2D eigenvalue weighted by atomic mass is 19.1. The molecule has 6 rings (SSSR count). The second-order valence-corrected chi connectivity index (χ2v) is 11.9. The molecule has 1 saturated heterocycles. The Morgan fingerprint density at radius 2 is 2.11 bits per heavy atom. The molecule has 7 nitrogen and oxygen atoms in total. The lowest BCUT2D eigenvalue weighted by molar-refractivity contribution is -0.264. The standard InChI is InChI=1S/C28H34FNO6/c1-15(23-5-4-8-35-23)30-13-16-9-19-18-11-21(29)20-10-17(32)6-7-26(20,2)25(18)22(33)12-27(19,3)28(16,36-30)24(34)14-31/h4-8,10,15-16,18-19,21-22,25,31,33H,9,11-14H2,1-3H3/t15?,16-,18-,19?,21-,22-,25?,26-,27-,28-/m0/s1. The molecule has 1 aliphatic heterocycles. The van der Waals surface area contributed by atoms with Crippen LogP contribution in [0.5, 0.6) is 0 Å². The molecule has 3 saturated carbocycles. The summed E-state index contributed by atoms with van der Waals surface area (Å²) in [4.78, 5) is 32.2. The summed E-state index contributed by atoms with van der Waals surface area (Å²) in [6.07, 6.45) is 5.28. The number of alkyl halides is 1. The molecule has 4 fully saturated rings. The fourth-order valence-corrected chi connectivity index (χ4v) is 8.93. The van der Waals surface area contributed by atoms with Gasteiger partial charge in [-0.25, -0.2) is 4.39 Å². The molecular weight excluding hydrogens is 465 g/mol. The lowest BCUT2D eigenvalue weighted by Gasteiger charge is -2.60. The van der Waals surface area contributed by atoms with Gasteiger partial charge in [-0.3, -0.25) is 14.4 Å². The number of nitrogens with zero attached hydrogens (tertiary/aromatic N) is 1. The first-order chi connectivity index (χ1) is 17.1. The van der Waals surface area contributed by atoms with Gasteiger partial charge in [-0.05, 0) is 67.9 Å². The molecule has 0 radical (unpaired) electrons. The van der Waals surface area contributed by atoms with Crippen LogP contribution in [0.4, 0.5) is 4.39 Å². The van der Waals surface area contributed by atoms with Crippen LogP contribution in [0.25, 0.3) is 0 Å². The molecule has 0 bridgehead atoms.